The molecule has 2 aliphatic heterocycles. The van der Waals surface area contributed by atoms with Crippen LogP contribution in [0.2, 0.25) is 0 Å². The number of carbonyl (C=O) groups is 2. The maximum Gasteiger partial charge on any atom is 0.374 e. The fourth-order valence-corrected chi connectivity index (χ4v) is 4.11. The Labute approximate surface area is 229 Å². The van der Waals surface area contributed by atoms with Crippen LogP contribution < -0.4 is 10.1 Å². The third kappa shape index (κ3) is 8.61. The van der Waals surface area contributed by atoms with Gasteiger partial charge in [0.1, 0.15) is 23.3 Å². The molecule has 14 heteroatoms. The van der Waals surface area contributed by atoms with E-state index in [0.717, 1.165) is 26.1 Å². The zero-order valence-corrected chi connectivity index (χ0v) is 22.4. The number of alkyl halides is 2. The Balaban J connectivity index is 0.000000559. The van der Waals surface area contributed by atoms with E-state index in [1.807, 2.05) is 0 Å². The molecular formula is C26H32F3N5O6. The van der Waals surface area contributed by atoms with Crippen LogP contribution in [0.4, 0.5) is 13.2 Å². The van der Waals surface area contributed by atoms with E-state index in [2.05, 4.69) is 25.3 Å². The summed E-state index contributed by atoms with van der Waals surface area (Å²) < 4.78 is 41.1. The van der Waals surface area contributed by atoms with E-state index < -0.39 is 17.7 Å². The van der Waals surface area contributed by atoms with Gasteiger partial charge in [-0.3, -0.25) is 9.69 Å². The monoisotopic (exact) mass is 567 g/mol. The summed E-state index contributed by atoms with van der Waals surface area (Å²) in [7, 11) is 1.39. The molecule has 218 valence electrons. The third-order valence-corrected chi connectivity index (χ3v) is 6.23. The van der Waals surface area contributed by atoms with Gasteiger partial charge in [-0.15, -0.1) is 0 Å². The molecule has 3 N–H and O–H groups in total. The highest BCUT2D eigenvalue weighted by atomic mass is 19.3. The number of oxime groups is 1. The Morgan fingerprint density at radius 1 is 1.27 bits per heavy atom. The van der Waals surface area contributed by atoms with Gasteiger partial charge in [-0.25, -0.2) is 19.2 Å². The summed E-state index contributed by atoms with van der Waals surface area (Å²) in [5, 5.41) is 23.8. The number of ether oxygens (including phenoxy) is 1. The topological polar surface area (TPSA) is 146 Å². The molecule has 1 amide bonds. The molecule has 1 fully saturated rings. The summed E-state index contributed by atoms with van der Waals surface area (Å²) in [6.07, 6.45) is 1.50. The maximum atomic E-state index is 13.6. The number of rotatable bonds is 9. The van der Waals surface area contributed by atoms with Gasteiger partial charge in [-0.05, 0) is 49.6 Å². The molecule has 3 heterocycles. The molecule has 2 aromatic rings. The summed E-state index contributed by atoms with van der Waals surface area (Å²) in [5.41, 5.74) is 2.17. The Bertz CT molecular complexity index is 1240. The lowest BCUT2D eigenvalue weighted by molar-refractivity contribution is -0.161. The second-order valence-electron chi connectivity index (χ2n) is 9.60. The molecule has 2 atom stereocenters. The first-order valence-corrected chi connectivity index (χ1v) is 12.5. The fraction of sp³-hybridized carbons (Fsp3) is 0.500. The van der Waals surface area contributed by atoms with Crippen molar-refractivity contribution in [3.8, 4) is 5.75 Å². The average Bonchev–Trinajstić information content (AvgIpc) is 3.57. The highest BCUT2D eigenvalue weighted by Gasteiger charge is 2.31. The Kier molecular flexibility index (Phi) is 10.4. The molecule has 0 saturated carbocycles. The number of aryl methyl sites for hydroxylation is 1. The predicted molar refractivity (Wildman–Crippen MR) is 137 cm³/mol. The minimum absolute atomic E-state index is 0.0848. The minimum atomic E-state index is -3.58. The van der Waals surface area contributed by atoms with Gasteiger partial charge >= 0.3 is 11.9 Å². The van der Waals surface area contributed by atoms with Gasteiger partial charge in [0.2, 0.25) is 0 Å². The summed E-state index contributed by atoms with van der Waals surface area (Å²) in [6.45, 7) is 5.00. The van der Waals surface area contributed by atoms with E-state index in [1.54, 1.807) is 25.1 Å². The number of nitrogens with zero attached hydrogens (tertiary/aromatic N) is 4. The molecule has 0 aliphatic carbocycles. The molecule has 0 spiro atoms. The minimum Gasteiger partial charge on any atom is -0.494 e. The SMILES string of the molecule is CC(F)(F)C(=O)O.COc1cc(CNC(=O)c2cc(C3=NOC(CN4CCC(CO)C4)C3)nc(C)n2)ccc1F. The van der Waals surface area contributed by atoms with Gasteiger partial charge < -0.3 is 25.1 Å². The van der Waals surface area contributed by atoms with Crippen molar-refractivity contribution in [2.24, 2.45) is 11.1 Å². The number of aromatic nitrogens is 2. The first kappa shape index (κ1) is 30.8. The van der Waals surface area contributed by atoms with Gasteiger partial charge in [0.15, 0.2) is 11.6 Å². The second-order valence-corrected chi connectivity index (χ2v) is 9.60. The van der Waals surface area contributed by atoms with Crippen LogP contribution in [0.1, 0.15) is 47.3 Å². The highest BCUT2D eigenvalue weighted by molar-refractivity contribution is 6.01. The van der Waals surface area contributed by atoms with Gasteiger partial charge in [-0.1, -0.05) is 11.2 Å². The van der Waals surface area contributed by atoms with Crippen molar-refractivity contribution in [3.63, 3.8) is 0 Å². The van der Waals surface area contributed by atoms with Crippen molar-refractivity contribution >= 4 is 17.6 Å². The molecular weight excluding hydrogens is 535 g/mol. The summed E-state index contributed by atoms with van der Waals surface area (Å²) in [5.74, 6) is -5.59. The molecule has 40 heavy (non-hydrogen) atoms. The van der Waals surface area contributed by atoms with Crippen LogP contribution >= 0.6 is 0 Å². The number of halogens is 3. The number of carbonyl (C=O) groups excluding carboxylic acids is 1. The molecule has 1 aromatic heterocycles. The number of hydrogen-bond donors (Lipinski definition) is 3. The van der Waals surface area contributed by atoms with Crippen LogP contribution in [0.5, 0.6) is 5.75 Å². The quantitative estimate of drug-likeness (QED) is 0.416. The zero-order chi connectivity index (χ0) is 29.4. The lowest BCUT2D eigenvalue weighted by Crippen LogP contribution is -2.31. The van der Waals surface area contributed by atoms with Crippen LogP contribution in [0.15, 0.2) is 29.4 Å². The first-order chi connectivity index (χ1) is 18.9. The average molecular weight is 568 g/mol. The number of aliphatic carboxylic acids is 1. The van der Waals surface area contributed by atoms with Crippen molar-refractivity contribution < 1.29 is 42.5 Å². The number of benzene rings is 1. The smallest absolute Gasteiger partial charge is 0.374 e. The molecule has 2 aliphatic rings. The Morgan fingerprint density at radius 2 is 2.00 bits per heavy atom. The van der Waals surface area contributed by atoms with Crippen molar-refractivity contribution in [1.29, 1.82) is 0 Å². The lowest BCUT2D eigenvalue weighted by atomic mass is 10.1. The van der Waals surface area contributed by atoms with Crippen molar-refractivity contribution in [2.45, 2.75) is 45.3 Å². The number of likely N-dealkylation sites (tertiary alicyclic amines) is 1. The summed E-state index contributed by atoms with van der Waals surface area (Å²) in [4.78, 5) is 38.5. The fourth-order valence-electron chi connectivity index (χ4n) is 4.11. The maximum absolute atomic E-state index is 13.6. The van der Waals surface area contributed by atoms with Gasteiger partial charge in [0, 0.05) is 39.6 Å². The van der Waals surface area contributed by atoms with Crippen molar-refractivity contribution in [2.75, 3.05) is 33.4 Å². The van der Waals surface area contributed by atoms with E-state index >= 15 is 0 Å². The standard InChI is InChI=1S/C23H28FN5O4.C3H4F2O2/c1-14-26-19(20-8-17(33-28-20)12-29-6-5-16(11-29)13-30)9-21(27-14)23(31)25-10-15-3-4-18(24)22(7-15)32-2;1-3(4,5)2(6)7/h3-4,7,9,16-17,30H,5-6,8,10-13H2,1-2H3,(H,25,31);1H3,(H,6,7). The number of carboxylic acids is 1. The number of methoxy groups -OCH3 is 1. The van der Waals surface area contributed by atoms with Crippen LogP contribution in [0.3, 0.4) is 0 Å². The van der Waals surface area contributed by atoms with E-state index in [-0.39, 0.29) is 36.6 Å². The number of hydrogen-bond acceptors (Lipinski definition) is 9. The van der Waals surface area contributed by atoms with Crippen molar-refractivity contribution in [3.05, 3.63) is 52.9 Å². The van der Waals surface area contributed by atoms with Gasteiger partial charge in [0.25, 0.3) is 5.91 Å². The van der Waals surface area contributed by atoms with Gasteiger partial charge in [-0.2, -0.15) is 8.78 Å². The normalized spacial score (nSPS) is 18.8. The lowest BCUT2D eigenvalue weighted by Gasteiger charge is -2.18. The number of amides is 1. The van der Waals surface area contributed by atoms with E-state index in [4.69, 9.17) is 14.7 Å². The largest absolute Gasteiger partial charge is 0.494 e. The van der Waals surface area contributed by atoms with E-state index in [0.29, 0.717) is 42.1 Å². The van der Waals surface area contributed by atoms with E-state index in [9.17, 15) is 27.9 Å². The number of aliphatic hydroxyl groups excluding tert-OH is 1. The molecule has 1 saturated heterocycles. The van der Waals surface area contributed by atoms with Crippen molar-refractivity contribution in [1.82, 2.24) is 20.2 Å². The second kappa shape index (κ2) is 13.5. The number of carboxylic acid groups (broad SMARTS) is 1. The molecule has 11 nitrogen and oxygen atoms in total. The highest BCUT2D eigenvalue weighted by Crippen LogP contribution is 2.22. The number of aliphatic hydroxyl groups is 1. The molecule has 0 bridgehead atoms. The van der Waals surface area contributed by atoms with E-state index in [1.165, 1.54) is 13.2 Å². The van der Waals surface area contributed by atoms with Crippen LogP contribution in [0, 0.1) is 18.7 Å². The third-order valence-electron chi connectivity index (χ3n) is 6.23. The zero-order valence-electron chi connectivity index (χ0n) is 22.4. The Hall–Kier alpha value is -3.78. The van der Waals surface area contributed by atoms with Crippen LogP contribution in [-0.2, 0) is 16.2 Å². The predicted octanol–water partition coefficient (Wildman–Crippen LogP) is 2.40. The van der Waals surface area contributed by atoms with Crippen LogP contribution in [0.25, 0.3) is 0 Å². The van der Waals surface area contributed by atoms with Gasteiger partial charge in [0.05, 0.1) is 12.8 Å². The molecule has 2 unspecified atom stereocenters. The molecule has 1 aromatic carbocycles. The Morgan fingerprint density at radius 3 is 2.62 bits per heavy atom. The van der Waals surface area contributed by atoms with Crippen LogP contribution in [-0.4, -0.2) is 88.0 Å². The first-order valence-electron chi connectivity index (χ1n) is 12.5. The number of nitrogens with one attached hydrogen (secondary N) is 1. The summed E-state index contributed by atoms with van der Waals surface area (Å²) in [6, 6.07) is 6.03. The molecule has 4 rings (SSSR count). The summed E-state index contributed by atoms with van der Waals surface area (Å²) >= 11 is 0. The molecule has 0 radical (unpaired) electrons.